The molecule has 4 heteroatoms. The molecule has 124 valence electrons. The Hall–Kier alpha value is -2.72. The smallest absolute Gasteiger partial charge is 0.137 e. The zero-order valence-electron chi connectivity index (χ0n) is 14.2. The Bertz CT molecular complexity index is 1070. The normalized spacial score (nSPS) is 17.6. The van der Waals surface area contributed by atoms with Crippen LogP contribution in [-0.4, -0.2) is 21.5 Å². The minimum atomic E-state index is 0.414. The largest absolute Gasteiger partial charge is 0.346 e. The third kappa shape index (κ3) is 2.41. The van der Waals surface area contributed by atoms with Gasteiger partial charge in [-0.25, -0.2) is 4.98 Å². The van der Waals surface area contributed by atoms with Crippen molar-refractivity contribution in [3.05, 3.63) is 60.2 Å². The molecule has 0 saturated carbocycles. The Labute approximate surface area is 146 Å². The van der Waals surface area contributed by atoms with Crippen LogP contribution < -0.4 is 5.32 Å². The molecule has 0 unspecified atom stereocenters. The van der Waals surface area contributed by atoms with Gasteiger partial charge in [-0.2, -0.15) is 0 Å². The number of pyridine rings is 2. The summed E-state index contributed by atoms with van der Waals surface area (Å²) in [6.45, 7) is 3.21. The van der Waals surface area contributed by atoms with Crippen LogP contribution in [0.4, 0.5) is 0 Å². The van der Waals surface area contributed by atoms with E-state index in [1.165, 1.54) is 45.7 Å². The Morgan fingerprint density at radius 2 is 2.04 bits per heavy atom. The van der Waals surface area contributed by atoms with Gasteiger partial charge in [-0.1, -0.05) is 0 Å². The van der Waals surface area contributed by atoms with Crippen molar-refractivity contribution in [2.24, 2.45) is 0 Å². The summed E-state index contributed by atoms with van der Waals surface area (Å²) in [5, 5.41) is 7.30. The summed E-state index contributed by atoms with van der Waals surface area (Å²) in [5.74, 6) is 0. The van der Waals surface area contributed by atoms with Crippen molar-refractivity contribution in [1.82, 2.24) is 20.3 Å². The highest BCUT2D eigenvalue weighted by Crippen LogP contribution is 2.34. The maximum atomic E-state index is 4.60. The van der Waals surface area contributed by atoms with Crippen LogP contribution in [0.2, 0.25) is 0 Å². The monoisotopic (exact) mass is 328 g/mol. The first-order valence-corrected chi connectivity index (χ1v) is 8.85. The van der Waals surface area contributed by atoms with Crippen LogP contribution in [0.25, 0.3) is 32.9 Å². The van der Waals surface area contributed by atoms with Gasteiger partial charge >= 0.3 is 0 Å². The molecule has 0 amide bonds. The van der Waals surface area contributed by atoms with E-state index in [0.29, 0.717) is 6.04 Å². The number of aromatic amines is 1. The van der Waals surface area contributed by atoms with E-state index in [1.54, 1.807) is 0 Å². The van der Waals surface area contributed by atoms with Crippen molar-refractivity contribution < 1.29 is 0 Å². The Kier molecular flexibility index (Phi) is 3.31. The lowest BCUT2D eigenvalue weighted by Crippen LogP contribution is -2.13. The fourth-order valence-electron chi connectivity index (χ4n) is 3.92. The molecule has 5 rings (SSSR count). The predicted octanol–water partition coefficient (Wildman–Crippen LogP) is 4.51. The van der Waals surface area contributed by atoms with Gasteiger partial charge in [0.25, 0.3) is 0 Å². The predicted molar refractivity (Wildman–Crippen MR) is 102 cm³/mol. The van der Waals surface area contributed by atoms with Gasteiger partial charge in [-0.3, -0.25) is 4.98 Å². The summed E-state index contributed by atoms with van der Waals surface area (Å²) in [6.07, 6.45) is 10.3. The summed E-state index contributed by atoms with van der Waals surface area (Å²) in [7, 11) is 0. The first kappa shape index (κ1) is 14.6. The minimum Gasteiger partial charge on any atom is -0.346 e. The number of H-pyrrole nitrogens is 1. The Morgan fingerprint density at radius 3 is 2.92 bits per heavy atom. The van der Waals surface area contributed by atoms with E-state index in [1.807, 2.05) is 24.8 Å². The molecule has 4 heterocycles. The topological polar surface area (TPSA) is 53.6 Å². The van der Waals surface area contributed by atoms with Crippen molar-refractivity contribution in [1.29, 1.82) is 0 Å². The molecule has 1 aliphatic rings. The van der Waals surface area contributed by atoms with Crippen LogP contribution in [0.15, 0.2) is 49.1 Å². The van der Waals surface area contributed by atoms with Gasteiger partial charge in [0.2, 0.25) is 0 Å². The van der Waals surface area contributed by atoms with Crippen molar-refractivity contribution >= 4 is 21.8 Å². The standard InChI is InChI=1S/C21H20N4/c1-13-10-24-21-17(13)9-16(11-25-21)15-7-14-4-6-22-12-19(14)18(8-15)20-3-2-5-23-20/h4,6-12,20,23H,2-3,5H2,1H3,(H,24,25)/t20-/m1/s1. The molecule has 3 aromatic heterocycles. The number of rotatable bonds is 2. The quantitative estimate of drug-likeness (QED) is 0.569. The van der Waals surface area contributed by atoms with E-state index in [-0.39, 0.29) is 0 Å². The molecular formula is C21H20N4. The highest BCUT2D eigenvalue weighted by Gasteiger charge is 2.19. The number of nitrogens with zero attached hydrogens (tertiary/aromatic N) is 2. The van der Waals surface area contributed by atoms with Crippen LogP contribution in [0.5, 0.6) is 0 Å². The average Bonchev–Trinajstić information content (AvgIpc) is 3.31. The zero-order valence-corrected chi connectivity index (χ0v) is 14.2. The lowest BCUT2D eigenvalue weighted by Gasteiger charge is -2.16. The number of nitrogens with one attached hydrogen (secondary N) is 2. The fourth-order valence-corrected chi connectivity index (χ4v) is 3.92. The molecule has 2 N–H and O–H groups in total. The van der Waals surface area contributed by atoms with E-state index >= 15 is 0 Å². The molecule has 25 heavy (non-hydrogen) atoms. The van der Waals surface area contributed by atoms with Crippen molar-refractivity contribution in [2.45, 2.75) is 25.8 Å². The van der Waals surface area contributed by atoms with Gasteiger partial charge in [0.1, 0.15) is 5.65 Å². The Balaban J connectivity index is 1.73. The van der Waals surface area contributed by atoms with Gasteiger partial charge in [-0.05, 0) is 72.7 Å². The van der Waals surface area contributed by atoms with Crippen LogP contribution in [-0.2, 0) is 0 Å². The van der Waals surface area contributed by atoms with Crippen molar-refractivity contribution in [3.8, 4) is 11.1 Å². The zero-order chi connectivity index (χ0) is 16.8. The van der Waals surface area contributed by atoms with E-state index in [9.17, 15) is 0 Å². The molecular weight excluding hydrogens is 308 g/mol. The number of hydrogen-bond acceptors (Lipinski definition) is 3. The summed E-state index contributed by atoms with van der Waals surface area (Å²) >= 11 is 0. The van der Waals surface area contributed by atoms with Crippen molar-refractivity contribution in [2.75, 3.05) is 6.54 Å². The van der Waals surface area contributed by atoms with Crippen LogP contribution >= 0.6 is 0 Å². The molecule has 0 spiro atoms. The highest BCUT2D eigenvalue weighted by atomic mass is 14.9. The summed E-state index contributed by atoms with van der Waals surface area (Å²) in [6, 6.07) is 9.32. The van der Waals surface area contributed by atoms with E-state index in [2.05, 4.69) is 51.5 Å². The summed E-state index contributed by atoms with van der Waals surface area (Å²) < 4.78 is 0. The van der Waals surface area contributed by atoms with Gasteiger partial charge in [0.15, 0.2) is 0 Å². The molecule has 0 radical (unpaired) electrons. The number of aromatic nitrogens is 3. The third-order valence-electron chi connectivity index (χ3n) is 5.29. The lowest BCUT2D eigenvalue weighted by molar-refractivity contribution is 0.653. The van der Waals surface area contributed by atoms with E-state index < -0.39 is 0 Å². The Morgan fingerprint density at radius 1 is 1.08 bits per heavy atom. The van der Waals surface area contributed by atoms with Crippen LogP contribution in [0.1, 0.15) is 30.0 Å². The molecule has 1 saturated heterocycles. The van der Waals surface area contributed by atoms with E-state index in [0.717, 1.165) is 17.8 Å². The molecule has 0 aliphatic carbocycles. The molecule has 1 aliphatic heterocycles. The van der Waals surface area contributed by atoms with Gasteiger partial charge in [0, 0.05) is 47.2 Å². The first-order valence-electron chi connectivity index (χ1n) is 8.85. The fraction of sp³-hybridized carbons (Fsp3) is 0.238. The molecule has 4 aromatic rings. The van der Waals surface area contributed by atoms with Gasteiger partial charge in [-0.15, -0.1) is 0 Å². The van der Waals surface area contributed by atoms with Crippen LogP contribution in [0, 0.1) is 6.92 Å². The second kappa shape index (κ2) is 5.67. The molecule has 1 aromatic carbocycles. The summed E-state index contributed by atoms with van der Waals surface area (Å²) in [4.78, 5) is 12.2. The SMILES string of the molecule is Cc1c[nH]c2ncc(-c3cc([C@H]4CCCN4)c4cnccc4c3)cc12. The number of aryl methyl sites for hydroxylation is 1. The molecule has 1 atom stereocenters. The third-order valence-corrected chi connectivity index (χ3v) is 5.29. The highest BCUT2D eigenvalue weighted by molar-refractivity contribution is 5.92. The van der Waals surface area contributed by atoms with Gasteiger partial charge in [0.05, 0.1) is 0 Å². The maximum Gasteiger partial charge on any atom is 0.137 e. The number of hydrogen-bond donors (Lipinski definition) is 2. The van der Waals surface area contributed by atoms with E-state index in [4.69, 9.17) is 0 Å². The van der Waals surface area contributed by atoms with Crippen LogP contribution in [0.3, 0.4) is 0 Å². The second-order valence-corrected chi connectivity index (χ2v) is 6.90. The van der Waals surface area contributed by atoms with Crippen molar-refractivity contribution in [3.63, 3.8) is 0 Å². The number of fused-ring (bicyclic) bond motifs is 2. The van der Waals surface area contributed by atoms with Gasteiger partial charge < -0.3 is 10.3 Å². The second-order valence-electron chi connectivity index (χ2n) is 6.90. The minimum absolute atomic E-state index is 0.414. The molecule has 1 fully saturated rings. The molecule has 0 bridgehead atoms. The lowest BCUT2D eigenvalue weighted by atomic mass is 9.94. The summed E-state index contributed by atoms with van der Waals surface area (Å²) in [5.41, 5.74) is 5.91. The first-order chi connectivity index (χ1) is 12.3. The maximum absolute atomic E-state index is 4.60. The average molecular weight is 328 g/mol. The number of benzene rings is 1. The molecule has 4 nitrogen and oxygen atoms in total.